The molecule has 0 bridgehead atoms. The number of nitro groups is 1. The zero-order valence-electron chi connectivity index (χ0n) is 10.8. The van der Waals surface area contributed by atoms with Crippen molar-refractivity contribution >= 4 is 11.4 Å². The zero-order valence-corrected chi connectivity index (χ0v) is 10.8. The van der Waals surface area contributed by atoms with E-state index in [2.05, 4.69) is 5.32 Å². The molecule has 0 saturated carbocycles. The lowest BCUT2D eigenvalue weighted by molar-refractivity contribution is -0.384. The summed E-state index contributed by atoms with van der Waals surface area (Å²) in [4.78, 5) is 10.3. The normalized spacial score (nSPS) is 12.2. The van der Waals surface area contributed by atoms with E-state index < -0.39 is 4.92 Å². The maximum atomic E-state index is 10.7. The second-order valence-corrected chi connectivity index (χ2v) is 3.96. The topological polar surface area (TPSA) is 73.6 Å². The molecule has 0 aliphatic rings. The molecule has 0 amide bonds. The van der Waals surface area contributed by atoms with Crippen LogP contribution in [0.25, 0.3) is 0 Å². The first kappa shape index (κ1) is 14.4. The minimum Gasteiger partial charge on any atom is -0.382 e. The molecule has 0 aliphatic carbocycles. The first-order valence-electron chi connectivity index (χ1n) is 5.61. The molecule has 6 nitrogen and oxygen atoms in total. The van der Waals surface area contributed by atoms with Crippen molar-refractivity contribution in [2.75, 3.05) is 26.1 Å². The van der Waals surface area contributed by atoms with E-state index in [-0.39, 0.29) is 11.8 Å². The van der Waals surface area contributed by atoms with Crippen LogP contribution in [0.4, 0.5) is 11.4 Å². The summed E-state index contributed by atoms with van der Waals surface area (Å²) in [5, 5.41) is 13.9. The molecule has 1 aromatic rings. The molecule has 1 aromatic carbocycles. The van der Waals surface area contributed by atoms with Crippen LogP contribution >= 0.6 is 0 Å². The number of nitrogens with zero attached hydrogens (tertiary/aromatic N) is 1. The van der Waals surface area contributed by atoms with E-state index in [0.717, 1.165) is 11.3 Å². The molecule has 0 radical (unpaired) electrons. The van der Waals surface area contributed by atoms with Crippen molar-refractivity contribution in [3.05, 3.63) is 33.9 Å². The van der Waals surface area contributed by atoms with Gasteiger partial charge in [-0.1, -0.05) is 0 Å². The standard InChI is InChI=1S/C12H18N2O4/c1-9(18-3)7-13-12-5-4-11(14(15)16)6-10(12)8-17-2/h4-6,9,13H,7-8H2,1-3H3. The van der Waals surface area contributed by atoms with E-state index in [1.54, 1.807) is 20.3 Å². The van der Waals surface area contributed by atoms with Gasteiger partial charge < -0.3 is 14.8 Å². The number of non-ortho nitro benzene ring substituents is 1. The highest BCUT2D eigenvalue weighted by atomic mass is 16.6. The molecule has 1 rings (SSSR count). The van der Waals surface area contributed by atoms with Gasteiger partial charge in [-0.15, -0.1) is 0 Å². The van der Waals surface area contributed by atoms with E-state index in [1.165, 1.54) is 12.1 Å². The third-order valence-electron chi connectivity index (χ3n) is 2.58. The molecule has 0 heterocycles. The smallest absolute Gasteiger partial charge is 0.269 e. The fourth-order valence-electron chi connectivity index (χ4n) is 1.48. The van der Waals surface area contributed by atoms with Gasteiger partial charge in [-0.25, -0.2) is 0 Å². The van der Waals surface area contributed by atoms with Gasteiger partial charge in [0.15, 0.2) is 0 Å². The fourth-order valence-corrected chi connectivity index (χ4v) is 1.48. The minimum absolute atomic E-state index is 0.0624. The van der Waals surface area contributed by atoms with Crippen LogP contribution in [0.3, 0.4) is 0 Å². The van der Waals surface area contributed by atoms with Gasteiger partial charge in [0.2, 0.25) is 0 Å². The van der Waals surface area contributed by atoms with Gasteiger partial charge in [0, 0.05) is 44.1 Å². The van der Waals surface area contributed by atoms with Crippen molar-refractivity contribution in [3.63, 3.8) is 0 Å². The number of benzene rings is 1. The average Bonchev–Trinajstić information content (AvgIpc) is 2.36. The van der Waals surface area contributed by atoms with E-state index in [0.29, 0.717) is 13.2 Å². The third-order valence-corrected chi connectivity index (χ3v) is 2.58. The van der Waals surface area contributed by atoms with Gasteiger partial charge in [0.25, 0.3) is 5.69 Å². The van der Waals surface area contributed by atoms with E-state index >= 15 is 0 Å². The maximum absolute atomic E-state index is 10.7. The summed E-state index contributed by atoms with van der Waals surface area (Å²) in [6.45, 7) is 2.89. The number of rotatable bonds is 7. The SMILES string of the molecule is COCc1cc([N+](=O)[O-])ccc1NCC(C)OC. The zero-order chi connectivity index (χ0) is 13.5. The van der Waals surface area contributed by atoms with Crippen LogP contribution in [0.2, 0.25) is 0 Å². The average molecular weight is 254 g/mol. The molecule has 0 aromatic heterocycles. The Hall–Kier alpha value is -1.66. The van der Waals surface area contributed by atoms with Crippen molar-refractivity contribution < 1.29 is 14.4 Å². The Morgan fingerprint density at radius 2 is 2.17 bits per heavy atom. The number of methoxy groups -OCH3 is 2. The molecular formula is C12H18N2O4. The van der Waals surface area contributed by atoms with Gasteiger partial charge in [0.1, 0.15) is 0 Å². The van der Waals surface area contributed by atoms with E-state index in [4.69, 9.17) is 9.47 Å². The van der Waals surface area contributed by atoms with Gasteiger partial charge in [-0.05, 0) is 13.0 Å². The van der Waals surface area contributed by atoms with Gasteiger partial charge in [0.05, 0.1) is 17.6 Å². The van der Waals surface area contributed by atoms with Crippen LogP contribution < -0.4 is 5.32 Å². The van der Waals surface area contributed by atoms with Crippen LogP contribution in [-0.4, -0.2) is 31.8 Å². The quantitative estimate of drug-likeness (QED) is 0.596. The van der Waals surface area contributed by atoms with Crippen molar-refractivity contribution in [1.82, 2.24) is 0 Å². The Balaban J connectivity index is 2.85. The molecule has 0 saturated heterocycles. The van der Waals surface area contributed by atoms with Crippen molar-refractivity contribution in [2.45, 2.75) is 19.6 Å². The van der Waals surface area contributed by atoms with Crippen molar-refractivity contribution in [2.24, 2.45) is 0 Å². The van der Waals surface area contributed by atoms with Crippen LogP contribution in [0.5, 0.6) is 0 Å². The third kappa shape index (κ3) is 3.97. The van der Waals surface area contributed by atoms with E-state index in [9.17, 15) is 10.1 Å². The molecule has 6 heteroatoms. The first-order valence-corrected chi connectivity index (χ1v) is 5.61. The largest absolute Gasteiger partial charge is 0.382 e. The second-order valence-electron chi connectivity index (χ2n) is 3.96. The Kier molecular flexibility index (Phi) is 5.54. The van der Waals surface area contributed by atoms with Crippen LogP contribution in [0.15, 0.2) is 18.2 Å². The number of nitrogens with one attached hydrogen (secondary N) is 1. The summed E-state index contributed by atoms with van der Waals surface area (Å²) in [6.07, 6.45) is 0.0654. The number of ether oxygens (including phenoxy) is 2. The predicted octanol–water partition coefficient (Wildman–Crippen LogP) is 2.19. The van der Waals surface area contributed by atoms with E-state index in [1.807, 2.05) is 6.92 Å². The second kappa shape index (κ2) is 6.93. The summed E-state index contributed by atoms with van der Waals surface area (Å²) in [7, 11) is 3.19. The minimum atomic E-state index is -0.416. The highest BCUT2D eigenvalue weighted by Crippen LogP contribution is 2.22. The summed E-state index contributed by atoms with van der Waals surface area (Å²) < 4.78 is 10.2. The number of anilines is 1. The monoisotopic (exact) mass is 254 g/mol. The Bertz CT molecular complexity index is 409. The van der Waals surface area contributed by atoms with Crippen molar-refractivity contribution in [3.8, 4) is 0 Å². The summed E-state index contributed by atoms with van der Waals surface area (Å²) in [5.41, 5.74) is 1.65. The molecule has 100 valence electrons. The molecule has 1 atom stereocenters. The first-order chi connectivity index (χ1) is 8.58. The Morgan fingerprint density at radius 1 is 1.44 bits per heavy atom. The lowest BCUT2D eigenvalue weighted by Gasteiger charge is -2.14. The van der Waals surface area contributed by atoms with Crippen molar-refractivity contribution in [1.29, 1.82) is 0 Å². The van der Waals surface area contributed by atoms with Gasteiger partial charge in [-0.3, -0.25) is 10.1 Å². The summed E-state index contributed by atoms with van der Waals surface area (Å²) in [6, 6.07) is 4.68. The molecular weight excluding hydrogens is 236 g/mol. The fraction of sp³-hybridized carbons (Fsp3) is 0.500. The predicted molar refractivity (Wildman–Crippen MR) is 68.8 cm³/mol. The van der Waals surface area contributed by atoms with Crippen LogP contribution in [0.1, 0.15) is 12.5 Å². The highest BCUT2D eigenvalue weighted by Gasteiger charge is 2.11. The molecule has 0 spiro atoms. The summed E-state index contributed by atoms with van der Waals surface area (Å²) in [5.74, 6) is 0. The number of hydrogen-bond acceptors (Lipinski definition) is 5. The maximum Gasteiger partial charge on any atom is 0.269 e. The molecule has 0 aliphatic heterocycles. The Labute approximate surface area is 106 Å². The molecule has 1 N–H and O–H groups in total. The van der Waals surface area contributed by atoms with Crippen LogP contribution in [-0.2, 0) is 16.1 Å². The van der Waals surface area contributed by atoms with Gasteiger partial charge >= 0.3 is 0 Å². The molecule has 0 fully saturated rings. The Morgan fingerprint density at radius 3 is 2.72 bits per heavy atom. The highest BCUT2D eigenvalue weighted by molar-refractivity contribution is 5.55. The lowest BCUT2D eigenvalue weighted by atomic mass is 10.1. The van der Waals surface area contributed by atoms with Crippen LogP contribution in [0, 0.1) is 10.1 Å². The number of nitro benzene ring substituents is 1. The lowest BCUT2D eigenvalue weighted by Crippen LogP contribution is -2.18. The molecule has 1 unspecified atom stereocenters. The van der Waals surface area contributed by atoms with Gasteiger partial charge in [-0.2, -0.15) is 0 Å². The summed E-state index contributed by atoms with van der Waals surface area (Å²) >= 11 is 0. The molecule has 18 heavy (non-hydrogen) atoms. The number of hydrogen-bond donors (Lipinski definition) is 1.